The molecule has 1 aliphatic carbocycles. The lowest BCUT2D eigenvalue weighted by atomic mass is 9.85. The minimum atomic E-state index is -0.281. The van der Waals surface area contributed by atoms with E-state index in [0.29, 0.717) is 19.4 Å². The van der Waals surface area contributed by atoms with Crippen LogP contribution >= 0.6 is 0 Å². The van der Waals surface area contributed by atoms with Crippen LogP contribution in [0.5, 0.6) is 0 Å². The summed E-state index contributed by atoms with van der Waals surface area (Å²) >= 11 is 0. The largest absolute Gasteiger partial charge is 0.354 e. The molecule has 0 bridgehead atoms. The zero-order chi connectivity index (χ0) is 17.1. The van der Waals surface area contributed by atoms with Gasteiger partial charge in [0, 0.05) is 6.54 Å². The first kappa shape index (κ1) is 16.4. The van der Waals surface area contributed by atoms with Crippen LogP contribution in [0.1, 0.15) is 24.0 Å². The summed E-state index contributed by atoms with van der Waals surface area (Å²) in [5.74, 6) is -1.24. The summed E-state index contributed by atoms with van der Waals surface area (Å²) in [5.41, 5.74) is 2.37. The Morgan fingerprint density at radius 2 is 1.75 bits per heavy atom. The molecule has 0 radical (unpaired) electrons. The molecule has 5 nitrogen and oxygen atoms in total. The third kappa shape index (κ3) is 3.25. The summed E-state index contributed by atoms with van der Waals surface area (Å²) in [6, 6.07) is 8.03. The Bertz CT molecular complexity index is 670. The first-order valence-corrected chi connectivity index (χ1v) is 8.39. The number of carbonyl (C=O) groups excluding carboxylic acids is 3. The lowest BCUT2D eigenvalue weighted by Gasteiger charge is -2.14. The number of benzene rings is 1. The molecule has 1 aromatic rings. The van der Waals surface area contributed by atoms with Crippen molar-refractivity contribution in [1.82, 2.24) is 10.2 Å². The Hall–Kier alpha value is -2.43. The molecule has 2 atom stereocenters. The van der Waals surface area contributed by atoms with Crippen molar-refractivity contribution in [2.24, 2.45) is 11.8 Å². The Balaban J connectivity index is 1.51. The van der Waals surface area contributed by atoms with Gasteiger partial charge in [0.25, 0.3) is 0 Å². The highest BCUT2D eigenvalue weighted by atomic mass is 16.2. The quantitative estimate of drug-likeness (QED) is 0.660. The highest BCUT2D eigenvalue weighted by molar-refractivity contribution is 6.07. The maximum atomic E-state index is 12.3. The Kier molecular flexibility index (Phi) is 4.79. The number of allylic oxidation sites excluding steroid dienone is 2. The molecule has 3 amide bonds. The third-order valence-electron chi connectivity index (χ3n) is 4.88. The fourth-order valence-corrected chi connectivity index (χ4v) is 3.45. The molecule has 1 saturated heterocycles. The number of aryl methyl sites for hydroxylation is 1. The fraction of sp³-hybridized carbons (Fsp3) is 0.421. The van der Waals surface area contributed by atoms with Gasteiger partial charge < -0.3 is 5.32 Å². The van der Waals surface area contributed by atoms with Crippen molar-refractivity contribution >= 4 is 17.7 Å². The number of hydrogen-bond acceptors (Lipinski definition) is 3. The molecule has 1 aliphatic heterocycles. The van der Waals surface area contributed by atoms with E-state index in [0.717, 1.165) is 11.3 Å². The van der Waals surface area contributed by atoms with Gasteiger partial charge in [0.1, 0.15) is 6.54 Å². The zero-order valence-corrected chi connectivity index (χ0v) is 13.8. The molecule has 1 aromatic carbocycles. The molecule has 1 N–H and O–H groups in total. The summed E-state index contributed by atoms with van der Waals surface area (Å²) in [4.78, 5) is 37.9. The van der Waals surface area contributed by atoms with Crippen LogP contribution in [0.15, 0.2) is 36.4 Å². The molecule has 126 valence electrons. The van der Waals surface area contributed by atoms with E-state index in [4.69, 9.17) is 0 Å². The average Bonchev–Trinajstić information content (AvgIpc) is 2.82. The number of nitrogens with one attached hydrogen (secondary N) is 1. The number of carbonyl (C=O) groups is 3. The van der Waals surface area contributed by atoms with E-state index in [-0.39, 0.29) is 36.1 Å². The summed E-state index contributed by atoms with van der Waals surface area (Å²) in [6.45, 7) is 2.36. The van der Waals surface area contributed by atoms with Crippen LogP contribution in [0.4, 0.5) is 0 Å². The highest BCUT2D eigenvalue weighted by Crippen LogP contribution is 2.34. The standard InChI is InChI=1S/C19H22N2O3/c1-13-6-2-3-7-14(13)10-11-20-17(22)12-21-18(23)15-8-4-5-9-16(15)19(21)24/h2-7,15-16H,8-12H2,1H3,(H,20,22)/t15-,16+. The minimum absolute atomic E-state index is 0.168. The summed E-state index contributed by atoms with van der Waals surface area (Å²) in [5, 5.41) is 2.81. The van der Waals surface area contributed by atoms with Gasteiger partial charge >= 0.3 is 0 Å². The maximum Gasteiger partial charge on any atom is 0.240 e. The first-order chi connectivity index (χ1) is 11.6. The SMILES string of the molecule is Cc1ccccc1CCNC(=O)CN1C(=O)[C@H]2CC=CC[C@H]2C1=O. The molecule has 24 heavy (non-hydrogen) atoms. The topological polar surface area (TPSA) is 66.5 Å². The Morgan fingerprint density at radius 3 is 2.38 bits per heavy atom. The predicted octanol–water partition coefficient (Wildman–Crippen LogP) is 1.60. The second-order valence-electron chi connectivity index (χ2n) is 6.44. The Morgan fingerprint density at radius 1 is 1.12 bits per heavy atom. The van der Waals surface area contributed by atoms with Crippen molar-refractivity contribution in [3.8, 4) is 0 Å². The molecule has 5 heteroatoms. The molecule has 0 unspecified atom stereocenters. The van der Waals surface area contributed by atoms with Crippen molar-refractivity contribution < 1.29 is 14.4 Å². The van der Waals surface area contributed by atoms with Gasteiger partial charge in [-0.3, -0.25) is 19.3 Å². The number of fused-ring (bicyclic) bond motifs is 1. The molecule has 2 aliphatic rings. The van der Waals surface area contributed by atoms with Gasteiger partial charge in [-0.1, -0.05) is 36.4 Å². The fourth-order valence-electron chi connectivity index (χ4n) is 3.45. The summed E-state index contributed by atoms with van der Waals surface area (Å²) < 4.78 is 0. The van der Waals surface area contributed by atoms with Crippen LogP contribution < -0.4 is 5.32 Å². The number of likely N-dealkylation sites (tertiary alicyclic amines) is 1. The van der Waals surface area contributed by atoms with Crippen LogP contribution in [0.2, 0.25) is 0 Å². The van der Waals surface area contributed by atoms with Crippen molar-refractivity contribution in [3.05, 3.63) is 47.5 Å². The minimum Gasteiger partial charge on any atom is -0.354 e. The smallest absolute Gasteiger partial charge is 0.240 e. The van der Waals surface area contributed by atoms with E-state index in [2.05, 4.69) is 5.32 Å². The molecule has 1 fully saturated rings. The lowest BCUT2D eigenvalue weighted by molar-refractivity contribution is -0.143. The third-order valence-corrected chi connectivity index (χ3v) is 4.88. The van der Waals surface area contributed by atoms with Gasteiger partial charge in [-0.05, 0) is 37.3 Å². The molecule has 0 aromatic heterocycles. The first-order valence-electron chi connectivity index (χ1n) is 8.39. The Labute approximate surface area is 141 Å². The number of nitrogens with zero attached hydrogens (tertiary/aromatic N) is 1. The molecule has 0 saturated carbocycles. The van der Waals surface area contributed by atoms with E-state index >= 15 is 0 Å². The van der Waals surface area contributed by atoms with Crippen molar-refractivity contribution in [1.29, 1.82) is 0 Å². The summed E-state index contributed by atoms with van der Waals surface area (Å²) in [6.07, 6.45) is 5.81. The average molecular weight is 326 g/mol. The highest BCUT2D eigenvalue weighted by Gasteiger charge is 2.47. The van der Waals surface area contributed by atoms with Crippen LogP contribution in [-0.4, -0.2) is 35.7 Å². The lowest BCUT2D eigenvalue weighted by Crippen LogP contribution is -2.41. The van der Waals surface area contributed by atoms with E-state index in [9.17, 15) is 14.4 Å². The molecule has 0 spiro atoms. The van der Waals surface area contributed by atoms with Gasteiger partial charge in [0.15, 0.2) is 0 Å². The number of imide groups is 1. The van der Waals surface area contributed by atoms with Crippen molar-refractivity contribution in [3.63, 3.8) is 0 Å². The second-order valence-corrected chi connectivity index (χ2v) is 6.44. The van der Waals surface area contributed by atoms with Crippen molar-refractivity contribution in [2.75, 3.05) is 13.1 Å². The van der Waals surface area contributed by atoms with E-state index in [1.807, 2.05) is 43.3 Å². The number of amides is 3. The van der Waals surface area contributed by atoms with Crippen molar-refractivity contribution in [2.45, 2.75) is 26.2 Å². The van der Waals surface area contributed by atoms with Crippen LogP contribution in [-0.2, 0) is 20.8 Å². The maximum absolute atomic E-state index is 12.3. The van der Waals surface area contributed by atoms with Crippen LogP contribution in [0.25, 0.3) is 0 Å². The van der Waals surface area contributed by atoms with Gasteiger partial charge in [-0.25, -0.2) is 0 Å². The van der Waals surface area contributed by atoms with E-state index in [1.54, 1.807) is 0 Å². The van der Waals surface area contributed by atoms with E-state index in [1.165, 1.54) is 11.1 Å². The number of rotatable bonds is 5. The molecular weight excluding hydrogens is 304 g/mol. The second kappa shape index (κ2) is 6.99. The molecule has 3 rings (SSSR count). The monoisotopic (exact) mass is 326 g/mol. The van der Waals surface area contributed by atoms with Gasteiger partial charge in [-0.2, -0.15) is 0 Å². The van der Waals surface area contributed by atoms with Gasteiger partial charge in [0.05, 0.1) is 11.8 Å². The van der Waals surface area contributed by atoms with E-state index < -0.39 is 0 Å². The zero-order valence-electron chi connectivity index (χ0n) is 13.8. The predicted molar refractivity (Wildman–Crippen MR) is 90.0 cm³/mol. The molecular formula is C19H22N2O3. The normalized spacial score (nSPS) is 22.6. The molecule has 1 heterocycles. The van der Waals surface area contributed by atoms with Crippen LogP contribution in [0, 0.1) is 18.8 Å². The number of hydrogen-bond donors (Lipinski definition) is 1. The van der Waals surface area contributed by atoms with Crippen LogP contribution in [0.3, 0.4) is 0 Å². The van der Waals surface area contributed by atoms with Gasteiger partial charge in [0.2, 0.25) is 17.7 Å². The summed E-state index contributed by atoms with van der Waals surface area (Å²) in [7, 11) is 0. The van der Waals surface area contributed by atoms with Gasteiger partial charge in [-0.15, -0.1) is 0 Å².